The van der Waals surface area contributed by atoms with Crippen molar-refractivity contribution in [1.82, 2.24) is 9.55 Å². The zero-order chi connectivity index (χ0) is 21.1. The zero-order valence-electron chi connectivity index (χ0n) is 17.2. The number of aryl methyl sites for hydroxylation is 2. The predicted molar refractivity (Wildman–Crippen MR) is 124 cm³/mol. The van der Waals surface area contributed by atoms with E-state index in [-0.39, 0.29) is 10.6 Å². The van der Waals surface area contributed by atoms with E-state index in [1.54, 1.807) is 23.5 Å². The van der Waals surface area contributed by atoms with E-state index in [9.17, 15) is 10.1 Å². The molecule has 7 heteroatoms. The second kappa shape index (κ2) is 6.92. The molecule has 0 unspecified atom stereocenters. The molecule has 2 aromatic carbocycles. The third kappa shape index (κ3) is 2.87. The number of thiazole rings is 1. The first-order chi connectivity index (χ1) is 15.1. The molecule has 0 spiro atoms. The number of nitro benzene ring substituents is 1. The van der Waals surface area contributed by atoms with Crippen molar-refractivity contribution in [2.75, 3.05) is 11.4 Å². The van der Waals surface area contributed by atoms with Crippen LogP contribution in [-0.2, 0) is 13.0 Å². The van der Waals surface area contributed by atoms with E-state index >= 15 is 0 Å². The van der Waals surface area contributed by atoms with Gasteiger partial charge in [-0.1, -0.05) is 23.8 Å². The summed E-state index contributed by atoms with van der Waals surface area (Å²) in [6.45, 7) is 4.05. The van der Waals surface area contributed by atoms with Crippen molar-refractivity contribution in [3.8, 4) is 11.3 Å². The lowest BCUT2D eigenvalue weighted by Gasteiger charge is -2.39. The van der Waals surface area contributed by atoms with Gasteiger partial charge in [0.25, 0.3) is 5.69 Å². The molecule has 4 aromatic rings. The summed E-state index contributed by atoms with van der Waals surface area (Å²) in [4.78, 5) is 18.2. The number of nitrogens with zero attached hydrogens (tertiary/aromatic N) is 4. The number of aromatic nitrogens is 2. The van der Waals surface area contributed by atoms with Gasteiger partial charge in [0.05, 0.1) is 16.7 Å². The molecule has 2 aromatic heterocycles. The second-order valence-corrected chi connectivity index (χ2v) is 9.30. The fraction of sp³-hybridized carbons (Fsp3) is 0.292. The first-order valence-corrected chi connectivity index (χ1v) is 11.6. The highest BCUT2D eigenvalue weighted by atomic mass is 32.1. The van der Waals surface area contributed by atoms with Crippen LogP contribution in [0.15, 0.2) is 47.8 Å². The zero-order valence-corrected chi connectivity index (χ0v) is 18.1. The Morgan fingerprint density at radius 1 is 1.19 bits per heavy atom. The Labute approximate surface area is 183 Å². The lowest BCUT2D eigenvalue weighted by molar-refractivity contribution is -0.384. The quantitative estimate of drug-likeness (QED) is 0.301. The largest absolute Gasteiger partial charge is 0.341 e. The molecule has 1 aliphatic carbocycles. The molecular weight excluding hydrogens is 408 g/mol. The first kappa shape index (κ1) is 18.6. The van der Waals surface area contributed by atoms with Gasteiger partial charge in [-0.2, -0.15) is 0 Å². The second-order valence-electron chi connectivity index (χ2n) is 8.46. The average Bonchev–Trinajstić information content (AvgIpc) is 3.39. The van der Waals surface area contributed by atoms with Gasteiger partial charge in [0.1, 0.15) is 0 Å². The Hall–Kier alpha value is -3.19. The molecule has 156 valence electrons. The number of non-ortho nitro benzene ring substituents is 1. The van der Waals surface area contributed by atoms with Crippen molar-refractivity contribution in [3.63, 3.8) is 0 Å². The first-order valence-electron chi connectivity index (χ1n) is 10.7. The molecule has 1 aliphatic heterocycles. The van der Waals surface area contributed by atoms with E-state index in [1.165, 1.54) is 40.2 Å². The number of anilines is 1. The monoisotopic (exact) mass is 430 g/mol. The van der Waals surface area contributed by atoms with Crippen molar-refractivity contribution in [1.29, 1.82) is 0 Å². The summed E-state index contributed by atoms with van der Waals surface area (Å²) in [5.74, 6) is 0. The van der Waals surface area contributed by atoms with Gasteiger partial charge in [0.2, 0.25) is 0 Å². The SMILES string of the molecule is Cc1ccc2c(c1)c1c3n2CCN(c2nc(-c4cccc([N+](=O)[O-])c4)cs2)[C@H]3CCC1. The Morgan fingerprint density at radius 3 is 2.97 bits per heavy atom. The lowest BCUT2D eigenvalue weighted by atomic mass is 9.90. The van der Waals surface area contributed by atoms with Crippen LogP contribution < -0.4 is 4.90 Å². The average molecular weight is 431 g/mol. The van der Waals surface area contributed by atoms with Gasteiger partial charge in [-0.3, -0.25) is 10.1 Å². The maximum absolute atomic E-state index is 11.1. The molecule has 6 rings (SSSR count). The van der Waals surface area contributed by atoms with Gasteiger partial charge in [-0.25, -0.2) is 4.98 Å². The summed E-state index contributed by atoms with van der Waals surface area (Å²) in [7, 11) is 0. The van der Waals surface area contributed by atoms with Gasteiger partial charge < -0.3 is 9.47 Å². The minimum absolute atomic E-state index is 0.0988. The van der Waals surface area contributed by atoms with Crippen LogP contribution in [0, 0.1) is 17.0 Å². The summed E-state index contributed by atoms with van der Waals surface area (Å²) in [5.41, 5.74) is 7.34. The van der Waals surface area contributed by atoms with E-state index in [0.29, 0.717) is 6.04 Å². The molecule has 1 atom stereocenters. The van der Waals surface area contributed by atoms with Crippen molar-refractivity contribution >= 4 is 33.1 Å². The van der Waals surface area contributed by atoms with E-state index in [4.69, 9.17) is 4.98 Å². The Morgan fingerprint density at radius 2 is 2.10 bits per heavy atom. The molecule has 0 amide bonds. The Bertz CT molecular complexity index is 1340. The van der Waals surface area contributed by atoms with Crippen molar-refractivity contribution in [2.45, 2.75) is 38.8 Å². The van der Waals surface area contributed by atoms with Gasteiger partial charge in [-0.15, -0.1) is 11.3 Å². The summed E-state index contributed by atoms with van der Waals surface area (Å²) in [6, 6.07) is 13.9. The maximum atomic E-state index is 11.1. The smallest absolute Gasteiger partial charge is 0.270 e. The van der Waals surface area contributed by atoms with Crippen LogP contribution in [0.5, 0.6) is 0 Å². The van der Waals surface area contributed by atoms with E-state index in [0.717, 1.165) is 42.3 Å². The number of nitro groups is 1. The number of rotatable bonds is 3. The van der Waals surface area contributed by atoms with Crippen LogP contribution in [0.25, 0.3) is 22.2 Å². The summed E-state index contributed by atoms with van der Waals surface area (Å²) in [6.07, 6.45) is 3.46. The van der Waals surface area contributed by atoms with E-state index in [1.807, 2.05) is 11.4 Å². The minimum Gasteiger partial charge on any atom is -0.341 e. The van der Waals surface area contributed by atoms with Gasteiger partial charge in [-0.05, 0) is 43.9 Å². The molecule has 2 aliphatic rings. The molecule has 0 radical (unpaired) electrons. The van der Waals surface area contributed by atoms with Crippen molar-refractivity contribution in [3.05, 3.63) is 74.8 Å². The van der Waals surface area contributed by atoms with Crippen LogP contribution in [-0.4, -0.2) is 21.0 Å². The third-order valence-corrected chi connectivity index (χ3v) is 7.50. The molecule has 0 saturated carbocycles. The Balaban J connectivity index is 1.40. The molecule has 0 fully saturated rings. The van der Waals surface area contributed by atoms with Crippen LogP contribution >= 0.6 is 11.3 Å². The van der Waals surface area contributed by atoms with E-state index < -0.39 is 0 Å². The molecule has 3 heterocycles. The highest BCUT2D eigenvalue weighted by Gasteiger charge is 2.36. The fourth-order valence-corrected chi connectivity index (χ4v) is 6.17. The van der Waals surface area contributed by atoms with Gasteiger partial charge in [0, 0.05) is 52.8 Å². The normalized spacial score (nSPS) is 17.7. The third-order valence-electron chi connectivity index (χ3n) is 6.62. The summed E-state index contributed by atoms with van der Waals surface area (Å²) >= 11 is 1.63. The molecule has 6 nitrogen and oxygen atoms in total. The Kier molecular flexibility index (Phi) is 4.14. The van der Waals surface area contributed by atoms with Gasteiger partial charge in [0.15, 0.2) is 5.13 Å². The van der Waals surface area contributed by atoms with Crippen LogP contribution in [0.1, 0.15) is 35.7 Å². The molecule has 0 bridgehead atoms. The molecule has 31 heavy (non-hydrogen) atoms. The number of hydrogen-bond acceptors (Lipinski definition) is 5. The lowest BCUT2D eigenvalue weighted by Crippen LogP contribution is -2.39. The number of fused-ring (bicyclic) bond motifs is 3. The summed E-state index contributed by atoms with van der Waals surface area (Å²) in [5, 5.41) is 15.6. The van der Waals surface area contributed by atoms with Crippen molar-refractivity contribution < 1.29 is 4.92 Å². The highest BCUT2D eigenvalue weighted by Crippen LogP contribution is 2.45. The van der Waals surface area contributed by atoms with Crippen LogP contribution in [0.4, 0.5) is 10.8 Å². The van der Waals surface area contributed by atoms with Gasteiger partial charge >= 0.3 is 0 Å². The van der Waals surface area contributed by atoms with Crippen LogP contribution in [0.3, 0.4) is 0 Å². The number of benzene rings is 2. The summed E-state index contributed by atoms with van der Waals surface area (Å²) < 4.78 is 2.53. The molecule has 0 N–H and O–H groups in total. The minimum atomic E-state index is -0.356. The predicted octanol–water partition coefficient (Wildman–Crippen LogP) is 5.88. The fourth-order valence-electron chi connectivity index (χ4n) is 5.25. The van der Waals surface area contributed by atoms with E-state index in [2.05, 4.69) is 34.6 Å². The van der Waals surface area contributed by atoms with Crippen LogP contribution in [0.2, 0.25) is 0 Å². The number of hydrogen-bond donors (Lipinski definition) is 0. The topological polar surface area (TPSA) is 64.2 Å². The standard InChI is InChI=1S/C24H22N4O2S/c1-15-8-9-21-19(12-15)18-6-3-7-22-23(18)26(21)10-11-27(22)24-25-20(14-31-24)16-4-2-5-17(13-16)28(29)30/h2,4-5,8-9,12-14,22H,3,6-7,10-11H2,1H3/t22-/m0/s1. The highest BCUT2D eigenvalue weighted by molar-refractivity contribution is 7.14. The maximum Gasteiger partial charge on any atom is 0.270 e. The molecule has 0 saturated heterocycles. The van der Waals surface area contributed by atoms with Crippen molar-refractivity contribution in [2.24, 2.45) is 0 Å². The molecular formula is C24H22N4O2S.